The van der Waals surface area contributed by atoms with Gasteiger partial charge in [-0.25, -0.2) is 9.37 Å². The van der Waals surface area contributed by atoms with E-state index in [1.807, 2.05) is 18.0 Å². The van der Waals surface area contributed by atoms with E-state index in [1.165, 1.54) is 6.33 Å². The van der Waals surface area contributed by atoms with Crippen molar-refractivity contribution in [2.75, 3.05) is 31.6 Å². The third-order valence-corrected chi connectivity index (χ3v) is 4.08. The van der Waals surface area contributed by atoms with Crippen LogP contribution in [0.2, 0.25) is 0 Å². The molecule has 1 saturated heterocycles. The highest BCUT2D eigenvalue weighted by Gasteiger charge is 2.33. The van der Waals surface area contributed by atoms with Gasteiger partial charge in [0.1, 0.15) is 5.67 Å². The van der Waals surface area contributed by atoms with E-state index in [4.69, 9.17) is 0 Å². The standard InChI is InChI=1S/C15H19FN4O.ClH/c1-20(9-15(16)4-6-17-7-5-15)11-2-3-13-12(8-11)14(21)19-10-18-13;/h2-3,8,10,17H,4-7,9H2,1H3,(H,18,19,21);1H. The molecule has 0 bridgehead atoms. The number of anilines is 1. The monoisotopic (exact) mass is 326 g/mol. The van der Waals surface area contributed by atoms with Crippen molar-refractivity contribution in [3.63, 3.8) is 0 Å². The molecule has 120 valence electrons. The predicted octanol–water partition coefficient (Wildman–Crippen LogP) is 1.87. The van der Waals surface area contributed by atoms with E-state index in [0.29, 0.717) is 43.4 Å². The number of nitrogens with zero attached hydrogens (tertiary/aromatic N) is 2. The van der Waals surface area contributed by atoms with E-state index in [2.05, 4.69) is 15.3 Å². The second kappa shape index (κ2) is 6.62. The van der Waals surface area contributed by atoms with E-state index >= 15 is 0 Å². The smallest absolute Gasteiger partial charge is 0.258 e. The van der Waals surface area contributed by atoms with E-state index in [0.717, 1.165) is 5.69 Å². The number of nitrogens with one attached hydrogen (secondary N) is 2. The van der Waals surface area contributed by atoms with E-state index in [-0.39, 0.29) is 18.0 Å². The maximum absolute atomic E-state index is 14.7. The van der Waals surface area contributed by atoms with E-state index in [9.17, 15) is 9.18 Å². The lowest BCUT2D eigenvalue weighted by molar-refractivity contribution is 0.124. The van der Waals surface area contributed by atoms with Crippen LogP contribution in [-0.4, -0.2) is 42.3 Å². The summed E-state index contributed by atoms with van der Waals surface area (Å²) in [5.74, 6) is 0. The molecule has 0 radical (unpaired) electrons. The Labute approximate surface area is 134 Å². The highest BCUT2D eigenvalue weighted by Crippen LogP contribution is 2.27. The second-order valence-electron chi connectivity index (χ2n) is 5.69. The molecule has 1 aliphatic heterocycles. The zero-order chi connectivity index (χ0) is 14.9. The van der Waals surface area contributed by atoms with Gasteiger partial charge in [0.25, 0.3) is 5.56 Å². The number of alkyl halides is 1. The first-order chi connectivity index (χ1) is 10.1. The SMILES string of the molecule is CN(CC1(F)CCNCC1)c1ccc2nc[nH]c(=O)c2c1.Cl. The van der Waals surface area contributed by atoms with Crippen molar-refractivity contribution in [1.82, 2.24) is 15.3 Å². The van der Waals surface area contributed by atoms with Gasteiger partial charge in [0, 0.05) is 12.7 Å². The number of piperidine rings is 1. The summed E-state index contributed by atoms with van der Waals surface area (Å²) in [4.78, 5) is 20.4. The lowest BCUT2D eigenvalue weighted by atomic mass is 9.94. The molecule has 7 heteroatoms. The van der Waals surface area contributed by atoms with Gasteiger partial charge in [-0.3, -0.25) is 4.79 Å². The Morgan fingerprint density at radius 3 is 2.82 bits per heavy atom. The van der Waals surface area contributed by atoms with Crippen LogP contribution in [0.15, 0.2) is 29.3 Å². The molecule has 1 aliphatic rings. The van der Waals surface area contributed by atoms with Crippen molar-refractivity contribution >= 4 is 29.0 Å². The summed E-state index contributed by atoms with van der Waals surface area (Å²) in [7, 11) is 1.86. The van der Waals surface area contributed by atoms with Crippen molar-refractivity contribution in [2.24, 2.45) is 0 Å². The highest BCUT2D eigenvalue weighted by atomic mass is 35.5. The average Bonchev–Trinajstić information content (AvgIpc) is 2.47. The molecule has 22 heavy (non-hydrogen) atoms. The molecule has 1 fully saturated rings. The minimum absolute atomic E-state index is 0. The molecule has 0 aliphatic carbocycles. The zero-order valence-corrected chi connectivity index (χ0v) is 13.3. The number of H-pyrrole nitrogens is 1. The lowest BCUT2D eigenvalue weighted by Crippen LogP contribution is -2.46. The quantitative estimate of drug-likeness (QED) is 0.904. The van der Waals surface area contributed by atoms with Crippen LogP contribution in [0.5, 0.6) is 0 Å². The van der Waals surface area contributed by atoms with Crippen LogP contribution in [-0.2, 0) is 0 Å². The van der Waals surface area contributed by atoms with Gasteiger partial charge in [0.2, 0.25) is 0 Å². The van der Waals surface area contributed by atoms with Crippen molar-refractivity contribution in [3.05, 3.63) is 34.9 Å². The average molecular weight is 327 g/mol. The molecule has 0 amide bonds. The Bertz CT molecular complexity index is 699. The number of hydrogen-bond donors (Lipinski definition) is 2. The van der Waals surface area contributed by atoms with Gasteiger partial charge in [-0.05, 0) is 44.1 Å². The first kappa shape index (κ1) is 16.7. The molecule has 0 unspecified atom stereocenters. The van der Waals surface area contributed by atoms with Gasteiger partial charge in [-0.15, -0.1) is 12.4 Å². The fraction of sp³-hybridized carbons (Fsp3) is 0.467. The molecule has 0 spiro atoms. The summed E-state index contributed by atoms with van der Waals surface area (Å²) in [6, 6.07) is 5.44. The molecule has 2 N–H and O–H groups in total. The Hall–Kier alpha value is -1.66. The molecule has 5 nitrogen and oxygen atoms in total. The lowest BCUT2D eigenvalue weighted by Gasteiger charge is -2.34. The molecular formula is C15H20ClFN4O. The summed E-state index contributed by atoms with van der Waals surface area (Å²) in [5.41, 5.74) is 0.132. The maximum Gasteiger partial charge on any atom is 0.258 e. The Morgan fingerprint density at radius 2 is 2.09 bits per heavy atom. The van der Waals surface area contributed by atoms with Gasteiger partial charge in [0.15, 0.2) is 0 Å². The van der Waals surface area contributed by atoms with E-state index in [1.54, 1.807) is 12.1 Å². The normalized spacial score (nSPS) is 17.0. The number of hydrogen-bond acceptors (Lipinski definition) is 4. The van der Waals surface area contributed by atoms with Crippen LogP contribution in [0.1, 0.15) is 12.8 Å². The first-order valence-corrected chi connectivity index (χ1v) is 7.16. The molecular weight excluding hydrogens is 307 g/mol. The van der Waals surface area contributed by atoms with Crippen LogP contribution in [0.25, 0.3) is 10.9 Å². The second-order valence-corrected chi connectivity index (χ2v) is 5.69. The highest BCUT2D eigenvalue weighted by molar-refractivity contribution is 5.85. The van der Waals surface area contributed by atoms with Crippen LogP contribution in [0.4, 0.5) is 10.1 Å². The van der Waals surface area contributed by atoms with Crippen molar-refractivity contribution in [2.45, 2.75) is 18.5 Å². The zero-order valence-electron chi connectivity index (χ0n) is 12.4. The first-order valence-electron chi connectivity index (χ1n) is 7.16. The fourth-order valence-electron chi connectivity index (χ4n) is 2.84. The van der Waals surface area contributed by atoms with Gasteiger partial charge in [-0.2, -0.15) is 0 Å². The third-order valence-electron chi connectivity index (χ3n) is 4.08. The number of aromatic nitrogens is 2. The van der Waals surface area contributed by atoms with Gasteiger partial charge in [0.05, 0.1) is 23.8 Å². The predicted molar refractivity (Wildman–Crippen MR) is 88.8 cm³/mol. The number of rotatable bonds is 3. The van der Waals surface area contributed by atoms with Crippen LogP contribution >= 0.6 is 12.4 Å². The molecule has 2 aromatic rings. The van der Waals surface area contributed by atoms with E-state index < -0.39 is 5.67 Å². The topological polar surface area (TPSA) is 61.0 Å². The summed E-state index contributed by atoms with van der Waals surface area (Å²) >= 11 is 0. The number of benzene rings is 1. The number of fused-ring (bicyclic) bond motifs is 1. The van der Waals surface area contributed by atoms with Crippen molar-refractivity contribution in [1.29, 1.82) is 0 Å². The van der Waals surface area contributed by atoms with Gasteiger partial charge >= 0.3 is 0 Å². The molecule has 0 saturated carbocycles. The minimum atomic E-state index is -1.17. The number of aromatic amines is 1. The summed E-state index contributed by atoms with van der Waals surface area (Å²) in [6.45, 7) is 1.76. The Kier molecular flexibility index (Phi) is 5.03. The fourth-order valence-corrected chi connectivity index (χ4v) is 2.84. The number of halogens is 2. The van der Waals surface area contributed by atoms with Crippen molar-refractivity contribution in [3.8, 4) is 0 Å². The minimum Gasteiger partial charge on any atom is -0.371 e. The van der Waals surface area contributed by atoms with Gasteiger partial charge < -0.3 is 15.2 Å². The summed E-state index contributed by atoms with van der Waals surface area (Å²) in [6.07, 6.45) is 2.43. The molecule has 3 rings (SSSR count). The Morgan fingerprint density at radius 1 is 1.36 bits per heavy atom. The molecule has 1 aromatic heterocycles. The largest absolute Gasteiger partial charge is 0.371 e. The molecule has 1 aromatic carbocycles. The third kappa shape index (κ3) is 3.39. The maximum atomic E-state index is 14.7. The Balaban J connectivity index is 0.00000176. The molecule has 2 heterocycles. The van der Waals surface area contributed by atoms with Crippen molar-refractivity contribution < 1.29 is 4.39 Å². The summed E-state index contributed by atoms with van der Waals surface area (Å²) in [5, 5.41) is 3.70. The summed E-state index contributed by atoms with van der Waals surface area (Å²) < 4.78 is 14.7. The van der Waals surface area contributed by atoms with Crippen LogP contribution in [0, 0.1) is 0 Å². The van der Waals surface area contributed by atoms with Crippen LogP contribution in [0.3, 0.4) is 0 Å². The van der Waals surface area contributed by atoms with Crippen LogP contribution < -0.4 is 15.8 Å². The van der Waals surface area contributed by atoms with Gasteiger partial charge in [-0.1, -0.05) is 0 Å². The molecule has 0 atom stereocenters.